The van der Waals surface area contributed by atoms with E-state index in [1.807, 2.05) is 6.92 Å². The molecule has 0 spiro atoms. The molecule has 2 saturated heterocycles. The van der Waals surface area contributed by atoms with Crippen molar-refractivity contribution in [1.82, 2.24) is 19.8 Å². The third-order valence-corrected chi connectivity index (χ3v) is 7.23. The van der Waals surface area contributed by atoms with Crippen molar-refractivity contribution < 1.29 is 13.2 Å². The van der Waals surface area contributed by atoms with Gasteiger partial charge in [0.15, 0.2) is 0 Å². The van der Waals surface area contributed by atoms with Gasteiger partial charge in [0.05, 0.1) is 10.8 Å². The van der Waals surface area contributed by atoms with Gasteiger partial charge < -0.3 is 10.6 Å². The minimum Gasteiger partial charge on any atom is -0.355 e. The number of hydrogen-bond acceptors (Lipinski definition) is 5. The van der Waals surface area contributed by atoms with E-state index < -0.39 is 10.0 Å². The van der Waals surface area contributed by atoms with Crippen molar-refractivity contribution in [3.8, 4) is 0 Å². The molecule has 1 atom stereocenters. The lowest BCUT2D eigenvalue weighted by molar-refractivity contribution is -0.126. The van der Waals surface area contributed by atoms with E-state index in [4.69, 9.17) is 0 Å². The number of carbonyl (C=O) groups excluding carboxylic acids is 1. The number of rotatable bonds is 6. The molecule has 0 bridgehead atoms. The zero-order valence-electron chi connectivity index (χ0n) is 16.4. The molecule has 2 heterocycles. The minimum absolute atomic E-state index is 0. The fourth-order valence-corrected chi connectivity index (χ4v) is 5.17. The molecule has 2 N–H and O–H groups in total. The van der Waals surface area contributed by atoms with E-state index in [-0.39, 0.29) is 30.8 Å². The Bertz CT molecular complexity index is 736. The van der Waals surface area contributed by atoms with Crippen LogP contribution < -0.4 is 10.6 Å². The van der Waals surface area contributed by atoms with Gasteiger partial charge in [-0.1, -0.05) is 17.7 Å². The Kier molecular flexibility index (Phi) is 8.70. The molecule has 1 amide bonds. The highest BCUT2D eigenvalue weighted by Gasteiger charge is 2.33. The Morgan fingerprint density at radius 2 is 1.86 bits per heavy atom. The molecule has 1 aromatic carbocycles. The third kappa shape index (κ3) is 5.90. The summed E-state index contributed by atoms with van der Waals surface area (Å²) < 4.78 is 27.2. The molecule has 158 valence electrons. The highest BCUT2D eigenvalue weighted by Crippen LogP contribution is 2.24. The van der Waals surface area contributed by atoms with E-state index in [0.717, 1.165) is 44.7 Å². The molecule has 0 saturated carbocycles. The summed E-state index contributed by atoms with van der Waals surface area (Å²) in [5.41, 5.74) is 1.02. The number of nitrogens with one attached hydrogen (secondary N) is 2. The quantitative estimate of drug-likeness (QED) is 0.698. The third-order valence-electron chi connectivity index (χ3n) is 5.35. The van der Waals surface area contributed by atoms with Crippen LogP contribution in [-0.4, -0.2) is 75.9 Å². The number of halogens is 1. The lowest BCUT2D eigenvalue weighted by atomic mass is 9.99. The van der Waals surface area contributed by atoms with Crippen molar-refractivity contribution in [3.05, 3.63) is 29.8 Å². The van der Waals surface area contributed by atoms with Gasteiger partial charge in [-0.3, -0.25) is 9.69 Å². The number of aryl methyl sites for hydroxylation is 1. The number of piperazine rings is 1. The van der Waals surface area contributed by atoms with Gasteiger partial charge in [0.25, 0.3) is 0 Å². The molecular formula is C19H31ClN4O3S. The molecule has 1 aromatic rings. The highest BCUT2D eigenvalue weighted by molar-refractivity contribution is 7.89. The Morgan fingerprint density at radius 3 is 2.54 bits per heavy atom. The van der Waals surface area contributed by atoms with Crippen molar-refractivity contribution in [1.29, 1.82) is 0 Å². The Balaban J connectivity index is 0.00000280. The molecule has 3 rings (SSSR count). The van der Waals surface area contributed by atoms with Crippen LogP contribution in [0.4, 0.5) is 0 Å². The predicted octanol–water partition coefficient (Wildman–Crippen LogP) is 0.839. The molecule has 0 aliphatic carbocycles. The fraction of sp³-hybridized carbons (Fsp3) is 0.632. The summed E-state index contributed by atoms with van der Waals surface area (Å²) in [5, 5.41) is 6.31. The number of benzene rings is 1. The maximum atomic E-state index is 12.9. The Labute approximate surface area is 174 Å². The van der Waals surface area contributed by atoms with Crippen LogP contribution >= 0.6 is 12.4 Å². The van der Waals surface area contributed by atoms with E-state index in [1.54, 1.807) is 24.3 Å². The maximum Gasteiger partial charge on any atom is 0.243 e. The summed E-state index contributed by atoms with van der Waals surface area (Å²) in [5.74, 6) is -0.309. The van der Waals surface area contributed by atoms with Crippen LogP contribution in [0.25, 0.3) is 0 Å². The van der Waals surface area contributed by atoms with Crippen LogP contribution in [0.5, 0.6) is 0 Å². The van der Waals surface area contributed by atoms with Gasteiger partial charge in [-0.25, -0.2) is 8.42 Å². The number of carbonyl (C=O) groups is 1. The van der Waals surface area contributed by atoms with E-state index in [9.17, 15) is 13.2 Å². The standard InChI is InChI=1S/C19H30N4O3S.ClH/c1-16-4-6-18(7-5-16)27(25,26)23-11-2-3-17(15-23)19(24)21-10-14-22-12-8-20-9-13-22;/h4-7,17,20H,2-3,8-15H2,1H3,(H,21,24);1H. The van der Waals surface area contributed by atoms with Crippen LogP contribution in [0.2, 0.25) is 0 Å². The average Bonchev–Trinajstić information content (AvgIpc) is 2.69. The maximum absolute atomic E-state index is 12.9. The molecule has 2 aliphatic heterocycles. The average molecular weight is 431 g/mol. The lowest BCUT2D eigenvalue weighted by Crippen LogP contribution is -2.48. The van der Waals surface area contributed by atoms with Crippen molar-refractivity contribution in [3.63, 3.8) is 0 Å². The first-order valence-corrected chi connectivity index (χ1v) is 11.2. The first kappa shape index (κ1) is 23.1. The van der Waals surface area contributed by atoms with Gasteiger partial charge >= 0.3 is 0 Å². The molecule has 2 aliphatic rings. The van der Waals surface area contributed by atoms with Crippen LogP contribution in [-0.2, 0) is 14.8 Å². The van der Waals surface area contributed by atoms with Gasteiger partial charge in [-0.2, -0.15) is 4.31 Å². The summed E-state index contributed by atoms with van der Waals surface area (Å²) in [4.78, 5) is 15.2. The van der Waals surface area contributed by atoms with Crippen molar-refractivity contribution in [2.45, 2.75) is 24.7 Å². The zero-order valence-corrected chi connectivity index (χ0v) is 18.0. The fourth-order valence-electron chi connectivity index (χ4n) is 3.65. The van der Waals surface area contributed by atoms with E-state index in [0.29, 0.717) is 24.4 Å². The first-order valence-electron chi connectivity index (χ1n) is 9.74. The Hall–Kier alpha value is -1.19. The second-order valence-electron chi connectivity index (χ2n) is 7.40. The monoisotopic (exact) mass is 430 g/mol. The van der Waals surface area contributed by atoms with Crippen LogP contribution in [0.15, 0.2) is 29.2 Å². The summed E-state index contributed by atoms with van der Waals surface area (Å²) >= 11 is 0. The SMILES string of the molecule is Cc1ccc(S(=O)(=O)N2CCCC(C(=O)NCCN3CCNCC3)C2)cc1.Cl. The van der Waals surface area contributed by atoms with E-state index in [1.165, 1.54) is 4.31 Å². The topological polar surface area (TPSA) is 81.8 Å². The second kappa shape index (κ2) is 10.5. The van der Waals surface area contributed by atoms with Gasteiger partial charge in [0.1, 0.15) is 0 Å². The summed E-state index contributed by atoms with van der Waals surface area (Å²) in [6.45, 7) is 8.09. The van der Waals surface area contributed by atoms with E-state index in [2.05, 4.69) is 15.5 Å². The molecule has 7 nitrogen and oxygen atoms in total. The summed E-state index contributed by atoms with van der Waals surface area (Å²) in [6.07, 6.45) is 1.44. The minimum atomic E-state index is -3.54. The van der Waals surface area contributed by atoms with Crippen molar-refractivity contribution in [2.75, 3.05) is 52.4 Å². The van der Waals surface area contributed by atoms with Crippen molar-refractivity contribution in [2.24, 2.45) is 5.92 Å². The van der Waals surface area contributed by atoms with Crippen LogP contribution in [0, 0.1) is 12.8 Å². The number of amides is 1. The van der Waals surface area contributed by atoms with Gasteiger partial charge in [-0.05, 0) is 31.9 Å². The summed E-state index contributed by atoms with van der Waals surface area (Å²) in [6, 6.07) is 6.89. The first-order chi connectivity index (χ1) is 13.0. The van der Waals surface area contributed by atoms with E-state index >= 15 is 0 Å². The van der Waals surface area contributed by atoms with Gasteiger partial charge in [0, 0.05) is 52.4 Å². The van der Waals surface area contributed by atoms with Gasteiger partial charge in [0.2, 0.25) is 15.9 Å². The second-order valence-corrected chi connectivity index (χ2v) is 9.34. The number of nitrogens with zero attached hydrogens (tertiary/aromatic N) is 2. The zero-order chi connectivity index (χ0) is 19.3. The predicted molar refractivity (Wildman–Crippen MR) is 112 cm³/mol. The molecule has 2 fully saturated rings. The number of piperidine rings is 1. The summed E-state index contributed by atoms with van der Waals surface area (Å²) in [7, 11) is -3.54. The molecule has 9 heteroatoms. The highest BCUT2D eigenvalue weighted by atomic mass is 35.5. The molecule has 0 aromatic heterocycles. The Morgan fingerprint density at radius 1 is 1.18 bits per heavy atom. The molecular weight excluding hydrogens is 400 g/mol. The smallest absolute Gasteiger partial charge is 0.243 e. The van der Waals surface area contributed by atoms with Crippen LogP contribution in [0.3, 0.4) is 0 Å². The molecule has 1 unspecified atom stereocenters. The number of hydrogen-bond donors (Lipinski definition) is 2. The molecule has 28 heavy (non-hydrogen) atoms. The van der Waals surface area contributed by atoms with Crippen molar-refractivity contribution >= 4 is 28.3 Å². The van der Waals surface area contributed by atoms with Crippen LogP contribution in [0.1, 0.15) is 18.4 Å². The number of sulfonamides is 1. The van der Waals surface area contributed by atoms with Gasteiger partial charge in [-0.15, -0.1) is 12.4 Å². The molecule has 0 radical (unpaired) electrons. The lowest BCUT2D eigenvalue weighted by Gasteiger charge is -2.31. The normalized spacial score (nSPS) is 21.7. The largest absolute Gasteiger partial charge is 0.355 e.